The van der Waals surface area contributed by atoms with E-state index in [0.29, 0.717) is 12.0 Å². The number of halogens is 1. The van der Waals surface area contributed by atoms with Crippen LogP contribution in [0.25, 0.3) is 11.3 Å². The molecule has 1 aromatic carbocycles. The minimum atomic E-state index is -1.23. The molecule has 10 heteroatoms. The first kappa shape index (κ1) is 25.2. The molecule has 0 radical (unpaired) electrons. The van der Waals surface area contributed by atoms with E-state index in [1.807, 2.05) is 6.07 Å². The molecule has 1 saturated heterocycles. The Hall–Kier alpha value is -3.87. The number of carboxylic acids is 1. The fourth-order valence-electron chi connectivity index (χ4n) is 4.98. The average molecular weight is 498 g/mol. The first-order valence-electron chi connectivity index (χ1n) is 11.8. The highest BCUT2D eigenvalue weighted by atomic mass is 19.1. The van der Waals surface area contributed by atoms with Crippen LogP contribution in [0.3, 0.4) is 0 Å². The third kappa shape index (κ3) is 5.20. The molecule has 9 nitrogen and oxygen atoms in total. The fourth-order valence-corrected chi connectivity index (χ4v) is 4.98. The molecule has 4 unspecified atom stereocenters. The molecule has 2 N–H and O–H groups in total. The maximum Gasteiger partial charge on any atom is 0.411 e. The third-order valence-corrected chi connectivity index (χ3v) is 6.51. The number of aromatic carboxylic acids is 1. The Balaban J connectivity index is 1.45. The van der Waals surface area contributed by atoms with Gasteiger partial charge in [-0.3, -0.25) is 9.69 Å². The Kier molecular flexibility index (Phi) is 6.76. The number of fused-ring (bicyclic) bond motifs is 2. The number of likely N-dealkylation sites (tertiary alicyclic amines) is 1. The van der Waals surface area contributed by atoms with Crippen molar-refractivity contribution in [3.8, 4) is 17.4 Å². The van der Waals surface area contributed by atoms with Gasteiger partial charge in [-0.05, 0) is 69.7 Å². The van der Waals surface area contributed by atoms with Crippen LogP contribution in [0.1, 0.15) is 56.2 Å². The molecule has 1 aliphatic carbocycles. The molecule has 190 valence electrons. The molecule has 2 fully saturated rings. The van der Waals surface area contributed by atoms with E-state index in [1.54, 1.807) is 26.8 Å². The lowest BCUT2D eigenvalue weighted by molar-refractivity contribution is -0.128. The van der Waals surface area contributed by atoms with Crippen molar-refractivity contribution < 1.29 is 33.0 Å². The van der Waals surface area contributed by atoms with Gasteiger partial charge in [0.2, 0.25) is 11.7 Å². The summed E-state index contributed by atoms with van der Waals surface area (Å²) in [6.07, 6.45) is 1.69. The number of nitriles is 1. The van der Waals surface area contributed by atoms with Crippen LogP contribution in [0.15, 0.2) is 34.7 Å². The summed E-state index contributed by atoms with van der Waals surface area (Å²) in [7, 11) is 0. The van der Waals surface area contributed by atoms with Gasteiger partial charge in [0.1, 0.15) is 29.3 Å². The molecule has 1 saturated carbocycles. The zero-order chi connectivity index (χ0) is 26.2. The topological polar surface area (TPSA) is 133 Å². The maximum absolute atomic E-state index is 14.8. The lowest BCUT2D eigenvalue weighted by Crippen LogP contribution is -2.55. The predicted octanol–water partition coefficient (Wildman–Crippen LogP) is 4.12. The van der Waals surface area contributed by atoms with Gasteiger partial charge in [-0.2, -0.15) is 5.26 Å². The van der Waals surface area contributed by atoms with Crippen LogP contribution in [-0.2, 0) is 16.0 Å². The first-order valence-corrected chi connectivity index (χ1v) is 11.8. The van der Waals surface area contributed by atoms with E-state index in [1.165, 1.54) is 29.2 Å². The number of nitrogens with one attached hydrogen (secondary N) is 1. The van der Waals surface area contributed by atoms with Gasteiger partial charge in [-0.15, -0.1) is 0 Å². The van der Waals surface area contributed by atoms with Crippen molar-refractivity contribution in [2.24, 2.45) is 5.92 Å². The Morgan fingerprint density at radius 2 is 2.03 bits per heavy atom. The monoisotopic (exact) mass is 497 g/mol. The molecular weight excluding hydrogens is 469 g/mol. The fraction of sp³-hybridized carbons (Fsp3) is 0.462. The summed E-state index contributed by atoms with van der Waals surface area (Å²) in [5, 5.41) is 21.3. The second-order valence-corrected chi connectivity index (χ2v) is 10.2. The summed E-state index contributed by atoms with van der Waals surface area (Å²) < 4.78 is 25.5. The van der Waals surface area contributed by atoms with Gasteiger partial charge in [-0.1, -0.05) is 12.1 Å². The van der Waals surface area contributed by atoms with Crippen LogP contribution in [0.4, 0.5) is 9.18 Å². The van der Waals surface area contributed by atoms with E-state index in [2.05, 4.69) is 5.32 Å². The van der Waals surface area contributed by atoms with Gasteiger partial charge in [0, 0.05) is 18.0 Å². The Morgan fingerprint density at radius 3 is 2.64 bits per heavy atom. The molecule has 1 aliphatic heterocycles. The second kappa shape index (κ2) is 9.64. The SMILES string of the molecule is CC(C)(C)OC(=O)N1C2CCC(C2)C1C(=O)NC(C#N)Cc1ccc(-c2ccc(C(=O)O)o2)cc1F. The smallest absolute Gasteiger partial charge is 0.411 e. The van der Waals surface area contributed by atoms with Gasteiger partial charge >= 0.3 is 12.1 Å². The van der Waals surface area contributed by atoms with Crippen LogP contribution >= 0.6 is 0 Å². The largest absolute Gasteiger partial charge is 0.475 e. The molecule has 2 aliphatic rings. The van der Waals surface area contributed by atoms with E-state index in [4.69, 9.17) is 14.3 Å². The number of furan rings is 1. The predicted molar refractivity (Wildman–Crippen MR) is 125 cm³/mol. The van der Waals surface area contributed by atoms with E-state index >= 15 is 0 Å². The molecule has 0 spiro atoms. The number of carboxylic acid groups (broad SMARTS) is 1. The average Bonchev–Trinajstić information content (AvgIpc) is 3.54. The molecule has 2 bridgehead atoms. The lowest BCUT2D eigenvalue weighted by atomic mass is 9.97. The van der Waals surface area contributed by atoms with Crippen molar-refractivity contribution in [2.75, 3.05) is 0 Å². The van der Waals surface area contributed by atoms with Crippen molar-refractivity contribution in [3.63, 3.8) is 0 Å². The normalized spacial score (nSPS) is 21.6. The number of amides is 2. The number of carbonyl (C=O) groups excluding carboxylic acids is 2. The Morgan fingerprint density at radius 1 is 1.28 bits per heavy atom. The van der Waals surface area contributed by atoms with Crippen LogP contribution in [0.5, 0.6) is 0 Å². The van der Waals surface area contributed by atoms with Crippen molar-refractivity contribution >= 4 is 18.0 Å². The molecule has 36 heavy (non-hydrogen) atoms. The van der Waals surface area contributed by atoms with E-state index in [0.717, 1.165) is 12.8 Å². The second-order valence-electron chi connectivity index (χ2n) is 10.2. The number of hydrogen-bond donors (Lipinski definition) is 2. The van der Waals surface area contributed by atoms with Gasteiger partial charge < -0.3 is 19.6 Å². The van der Waals surface area contributed by atoms with Crippen LogP contribution in [-0.4, -0.2) is 51.7 Å². The van der Waals surface area contributed by atoms with E-state index in [9.17, 15) is 24.0 Å². The lowest BCUT2D eigenvalue weighted by Gasteiger charge is -2.35. The zero-order valence-corrected chi connectivity index (χ0v) is 20.3. The number of nitrogens with zero attached hydrogens (tertiary/aromatic N) is 2. The highest BCUT2D eigenvalue weighted by molar-refractivity contribution is 5.88. The van der Waals surface area contributed by atoms with Crippen molar-refractivity contribution in [1.82, 2.24) is 10.2 Å². The van der Waals surface area contributed by atoms with Crippen molar-refractivity contribution in [3.05, 3.63) is 47.5 Å². The number of rotatable bonds is 6. The third-order valence-electron chi connectivity index (χ3n) is 6.51. The van der Waals surface area contributed by atoms with Gasteiger partial charge in [0.15, 0.2) is 0 Å². The van der Waals surface area contributed by atoms with E-state index < -0.39 is 41.5 Å². The summed E-state index contributed by atoms with van der Waals surface area (Å²) in [5.41, 5.74) is -0.159. The summed E-state index contributed by atoms with van der Waals surface area (Å²) >= 11 is 0. The van der Waals surface area contributed by atoms with E-state index in [-0.39, 0.29) is 35.5 Å². The Bertz CT molecular complexity index is 1230. The van der Waals surface area contributed by atoms with Gasteiger partial charge in [0.25, 0.3) is 0 Å². The molecule has 1 aromatic heterocycles. The quantitative estimate of drug-likeness (QED) is 0.613. The van der Waals surface area contributed by atoms with Crippen LogP contribution < -0.4 is 5.32 Å². The van der Waals surface area contributed by atoms with Crippen LogP contribution in [0, 0.1) is 23.1 Å². The minimum absolute atomic E-state index is 0.0122. The number of benzene rings is 1. The van der Waals surface area contributed by atoms with Gasteiger partial charge in [0.05, 0.1) is 6.07 Å². The van der Waals surface area contributed by atoms with Crippen molar-refractivity contribution in [1.29, 1.82) is 5.26 Å². The molecular formula is C26H28FN3O6. The summed E-state index contributed by atoms with van der Waals surface area (Å²) in [5.74, 6) is -2.38. The highest BCUT2D eigenvalue weighted by Gasteiger charge is 2.52. The molecule has 2 amide bonds. The standard InChI is InChI=1S/C26H28FN3O6/c1-26(2,3)36-25(34)30-18-7-6-16(11-18)22(30)23(31)29-17(13-28)10-14-4-5-15(12-19(14)27)20-8-9-21(35-20)24(32)33/h4-5,8-9,12,16-18,22H,6-7,10-11H2,1-3H3,(H,29,31)(H,32,33). The number of piperidine rings is 1. The number of carbonyl (C=O) groups is 3. The van der Waals surface area contributed by atoms with Crippen molar-refractivity contribution in [2.45, 2.75) is 70.2 Å². The van der Waals surface area contributed by atoms with Crippen LogP contribution in [0.2, 0.25) is 0 Å². The molecule has 2 heterocycles. The molecule has 2 aromatic rings. The summed E-state index contributed by atoms with van der Waals surface area (Å²) in [6.45, 7) is 5.28. The van der Waals surface area contributed by atoms with Gasteiger partial charge in [-0.25, -0.2) is 14.0 Å². The summed E-state index contributed by atoms with van der Waals surface area (Å²) in [4.78, 5) is 38.5. The molecule has 4 atom stereocenters. The number of ether oxygens (including phenoxy) is 1. The minimum Gasteiger partial charge on any atom is -0.475 e. The zero-order valence-electron chi connectivity index (χ0n) is 20.3. The summed E-state index contributed by atoms with van der Waals surface area (Å²) in [6, 6.07) is 7.11. The number of hydrogen-bond acceptors (Lipinski definition) is 6. The molecule has 4 rings (SSSR count). The Labute approximate surface area is 207 Å². The first-order chi connectivity index (χ1) is 17.0. The maximum atomic E-state index is 14.8. The highest BCUT2D eigenvalue weighted by Crippen LogP contribution is 2.43.